The third kappa shape index (κ3) is 4.10. The van der Waals surface area contributed by atoms with Crippen molar-refractivity contribution in [1.82, 2.24) is 4.31 Å². The maximum Gasteiger partial charge on any atom is 0.417 e. The molecule has 1 aromatic rings. The van der Waals surface area contributed by atoms with Crippen molar-refractivity contribution in [3.8, 4) is 0 Å². The Kier molecular flexibility index (Phi) is 5.46. The summed E-state index contributed by atoms with van der Waals surface area (Å²) in [4.78, 5) is -0.739. The smallest absolute Gasteiger partial charge is 0.207 e. The molecule has 114 valence electrons. The Bertz CT molecular complexity index is 558. The van der Waals surface area contributed by atoms with Gasteiger partial charge in [0.25, 0.3) is 0 Å². The largest absolute Gasteiger partial charge is 0.417 e. The SMILES string of the molecule is CC(Cl)CCN(C)S(=O)(=O)c1ccccc1C(F)(F)F. The zero-order valence-corrected chi connectivity index (χ0v) is 12.6. The van der Waals surface area contributed by atoms with Crippen LogP contribution in [-0.2, 0) is 16.2 Å². The van der Waals surface area contributed by atoms with Gasteiger partial charge < -0.3 is 0 Å². The first-order valence-electron chi connectivity index (χ1n) is 5.83. The monoisotopic (exact) mass is 329 g/mol. The summed E-state index contributed by atoms with van der Waals surface area (Å²) in [6, 6.07) is 4.13. The zero-order chi connectivity index (χ0) is 15.6. The third-order valence-electron chi connectivity index (χ3n) is 2.72. The molecule has 8 heteroatoms. The lowest BCUT2D eigenvalue weighted by molar-refractivity contribution is -0.139. The van der Waals surface area contributed by atoms with Crippen LogP contribution in [0.25, 0.3) is 0 Å². The highest BCUT2D eigenvalue weighted by Gasteiger charge is 2.37. The van der Waals surface area contributed by atoms with Crippen LogP contribution in [0.5, 0.6) is 0 Å². The van der Waals surface area contributed by atoms with Crippen LogP contribution in [0.2, 0.25) is 0 Å². The Morgan fingerprint density at radius 1 is 1.30 bits per heavy atom. The summed E-state index contributed by atoms with van der Waals surface area (Å²) >= 11 is 5.72. The first-order chi connectivity index (χ1) is 9.06. The van der Waals surface area contributed by atoms with Crippen molar-refractivity contribution >= 4 is 21.6 Å². The Morgan fingerprint density at radius 3 is 2.35 bits per heavy atom. The summed E-state index contributed by atoms with van der Waals surface area (Å²) in [5, 5.41) is -0.259. The van der Waals surface area contributed by atoms with Gasteiger partial charge in [-0.2, -0.15) is 13.2 Å². The van der Waals surface area contributed by atoms with Gasteiger partial charge in [0.15, 0.2) is 0 Å². The standard InChI is InChI=1S/C12H15ClF3NO2S/c1-9(13)7-8-17(2)20(18,19)11-6-4-3-5-10(11)12(14,15)16/h3-6,9H,7-8H2,1-2H3. The van der Waals surface area contributed by atoms with Crippen LogP contribution in [-0.4, -0.2) is 31.7 Å². The predicted molar refractivity (Wildman–Crippen MR) is 71.2 cm³/mol. The molecule has 0 heterocycles. The molecule has 20 heavy (non-hydrogen) atoms. The van der Waals surface area contributed by atoms with Crippen LogP contribution in [0, 0.1) is 0 Å². The molecule has 0 aliphatic rings. The van der Waals surface area contributed by atoms with Crippen LogP contribution in [0.4, 0.5) is 13.2 Å². The first-order valence-corrected chi connectivity index (χ1v) is 7.71. The molecule has 0 aromatic heterocycles. The molecule has 0 spiro atoms. The quantitative estimate of drug-likeness (QED) is 0.777. The van der Waals surface area contributed by atoms with E-state index >= 15 is 0 Å². The van der Waals surface area contributed by atoms with Gasteiger partial charge in [0.2, 0.25) is 10.0 Å². The molecule has 1 rings (SSSR count). The second kappa shape index (κ2) is 6.32. The highest BCUT2D eigenvalue weighted by molar-refractivity contribution is 7.89. The Balaban J connectivity index is 3.16. The average molecular weight is 330 g/mol. The van der Waals surface area contributed by atoms with Crippen molar-refractivity contribution in [3.63, 3.8) is 0 Å². The summed E-state index contributed by atoms with van der Waals surface area (Å²) < 4.78 is 63.8. The van der Waals surface area contributed by atoms with E-state index < -0.39 is 26.7 Å². The Labute approximate surface area is 121 Å². The zero-order valence-electron chi connectivity index (χ0n) is 11.0. The van der Waals surface area contributed by atoms with Gasteiger partial charge in [-0.05, 0) is 25.5 Å². The van der Waals surface area contributed by atoms with Gasteiger partial charge in [-0.15, -0.1) is 11.6 Å². The van der Waals surface area contributed by atoms with Gasteiger partial charge in [-0.3, -0.25) is 0 Å². The fourth-order valence-electron chi connectivity index (χ4n) is 1.57. The molecule has 0 aliphatic heterocycles. The van der Waals surface area contributed by atoms with Crippen molar-refractivity contribution in [3.05, 3.63) is 29.8 Å². The van der Waals surface area contributed by atoms with Crippen LogP contribution >= 0.6 is 11.6 Å². The van der Waals surface area contributed by atoms with E-state index in [2.05, 4.69) is 0 Å². The summed E-state index contributed by atoms with van der Waals surface area (Å²) in [5.74, 6) is 0. The molecule has 0 amide bonds. The minimum absolute atomic E-state index is 0.0548. The molecule has 1 atom stereocenters. The van der Waals surface area contributed by atoms with Crippen LogP contribution in [0.3, 0.4) is 0 Å². The van der Waals surface area contributed by atoms with E-state index in [4.69, 9.17) is 11.6 Å². The van der Waals surface area contributed by atoms with Crippen molar-refractivity contribution < 1.29 is 21.6 Å². The van der Waals surface area contributed by atoms with Crippen molar-refractivity contribution in [2.75, 3.05) is 13.6 Å². The summed E-state index contributed by atoms with van der Waals surface area (Å²) in [5.41, 5.74) is -1.16. The number of hydrogen-bond donors (Lipinski definition) is 0. The van der Waals surface area contributed by atoms with Gasteiger partial charge in [-0.25, -0.2) is 12.7 Å². The molecule has 3 nitrogen and oxygen atoms in total. The van der Waals surface area contributed by atoms with E-state index in [0.29, 0.717) is 6.42 Å². The number of halogens is 4. The molecule has 0 bridgehead atoms. The number of rotatable bonds is 5. The summed E-state index contributed by atoms with van der Waals surface area (Å²) in [6.45, 7) is 1.74. The fraction of sp³-hybridized carbons (Fsp3) is 0.500. The summed E-state index contributed by atoms with van der Waals surface area (Å²) in [7, 11) is -2.96. The molecule has 0 fully saturated rings. The maximum absolute atomic E-state index is 12.9. The van der Waals surface area contributed by atoms with Crippen LogP contribution in [0.15, 0.2) is 29.2 Å². The molecule has 0 saturated heterocycles. The van der Waals surface area contributed by atoms with Gasteiger partial charge in [0.1, 0.15) is 0 Å². The molecule has 0 saturated carbocycles. The molecular weight excluding hydrogens is 315 g/mol. The lowest BCUT2D eigenvalue weighted by Gasteiger charge is -2.20. The van der Waals surface area contributed by atoms with Crippen molar-refractivity contribution in [1.29, 1.82) is 0 Å². The number of alkyl halides is 4. The third-order valence-corrected chi connectivity index (χ3v) is 4.86. The van der Waals surface area contributed by atoms with Crippen molar-refractivity contribution in [2.24, 2.45) is 0 Å². The minimum Gasteiger partial charge on any atom is -0.207 e. The number of benzene rings is 1. The minimum atomic E-state index is -4.72. The van der Waals surface area contributed by atoms with Crippen molar-refractivity contribution in [2.45, 2.75) is 29.8 Å². The van der Waals surface area contributed by atoms with E-state index in [1.54, 1.807) is 6.92 Å². The van der Waals surface area contributed by atoms with Gasteiger partial charge in [-0.1, -0.05) is 12.1 Å². The van der Waals surface area contributed by atoms with E-state index in [9.17, 15) is 21.6 Å². The van der Waals surface area contributed by atoms with E-state index in [1.165, 1.54) is 13.1 Å². The lowest BCUT2D eigenvalue weighted by atomic mass is 10.2. The second-order valence-corrected chi connectivity index (χ2v) is 7.15. The Morgan fingerprint density at radius 2 is 1.85 bits per heavy atom. The molecule has 0 aliphatic carbocycles. The molecule has 1 unspecified atom stereocenters. The van der Waals surface area contributed by atoms with Crippen LogP contribution < -0.4 is 0 Å². The second-order valence-electron chi connectivity index (χ2n) is 4.39. The highest BCUT2D eigenvalue weighted by atomic mass is 35.5. The summed E-state index contributed by atoms with van der Waals surface area (Å²) in [6.07, 6.45) is -4.37. The number of hydrogen-bond acceptors (Lipinski definition) is 2. The van der Waals surface area contributed by atoms with E-state index in [0.717, 1.165) is 22.5 Å². The topological polar surface area (TPSA) is 37.4 Å². The average Bonchev–Trinajstić information content (AvgIpc) is 2.34. The van der Waals surface area contributed by atoms with Gasteiger partial charge in [0, 0.05) is 19.0 Å². The van der Waals surface area contributed by atoms with E-state index in [-0.39, 0.29) is 11.9 Å². The lowest BCUT2D eigenvalue weighted by Crippen LogP contribution is -2.30. The Hall–Kier alpha value is -0.790. The highest BCUT2D eigenvalue weighted by Crippen LogP contribution is 2.34. The number of nitrogens with zero attached hydrogens (tertiary/aromatic N) is 1. The van der Waals surface area contributed by atoms with Gasteiger partial charge in [0.05, 0.1) is 10.5 Å². The van der Waals surface area contributed by atoms with Crippen LogP contribution in [0.1, 0.15) is 18.9 Å². The predicted octanol–water partition coefficient (Wildman–Crippen LogP) is 3.34. The normalized spacial score (nSPS) is 14.6. The van der Waals surface area contributed by atoms with Gasteiger partial charge >= 0.3 is 6.18 Å². The molecule has 1 aromatic carbocycles. The first kappa shape index (κ1) is 17.3. The molecule has 0 N–H and O–H groups in total. The maximum atomic E-state index is 12.9. The molecular formula is C12H15ClF3NO2S. The fourth-order valence-corrected chi connectivity index (χ4v) is 3.06. The number of sulfonamides is 1. The molecule has 0 radical (unpaired) electrons. The van der Waals surface area contributed by atoms with E-state index in [1.807, 2.05) is 0 Å².